The minimum Gasteiger partial charge on any atom is -0.306 e. The number of rotatable bonds is 4. The van der Waals surface area contributed by atoms with Gasteiger partial charge in [0.2, 0.25) is 0 Å². The van der Waals surface area contributed by atoms with E-state index in [1.165, 1.54) is 24.0 Å². The Balaban J connectivity index is 2.10. The normalized spacial score (nSPS) is 18.1. The van der Waals surface area contributed by atoms with Gasteiger partial charge in [-0.1, -0.05) is 24.3 Å². The molecule has 0 aliphatic heterocycles. The highest BCUT2D eigenvalue weighted by Crippen LogP contribution is 2.41. The predicted octanol–water partition coefficient (Wildman–Crippen LogP) is 2.33. The highest BCUT2D eigenvalue weighted by atomic mass is 32.2. The van der Waals surface area contributed by atoms with Gasteiger partial charge in [0.15, 0.2) is 11.1 Å². The maximum Gasteiger partial charge on any atom is 0.153 e. The van der Waals surface area contributed by atoms with Gasteiger partial charge in [0.25, 0.3) is 0 Å². The molecule has 1 aliphatic carbocycles. The van der Waals surface area contributed by atoms with E-state index in [4.69, 9.17) is 4.55 Å². The fourth-order valence-corrected chi connectivity index (χ4v) is 2.15. The Morgan fingerprint density at radius 3 is 2.71 bits per heavy atom. The SMILES string of the molecule is O=S(O)CCc1ccccc1C1CC1. The van der Waals surface area contributed by atoms with Crippen molar-refractivity contribution in [3.8, 4) is 0 Å². The van der Waals surface area contributed by atoms with E-state index in [9.17, 15) is 4.21 Å². The van der Waals surface area contributed by atoms with Gasteiger partial charge in [-0.05, 0) is 36.3 Å². The molecule has 0 radical (unpaired) electrons. The second-order valence-corrected chi connectivity index (χ2v) is 4.80. The predicted molar refractivity (Wildman–Crippen MR) is 57.8 cm³/mol. The van der Waals surface area contributed by atoms with Gasteiger partial charge in [0.05, 0.1) is 5.75 Å². The van der Waals surface area contributed by atoms with E-state index in [-0.39, 0.29) is 0 Å². The third-order valence-corrected chi connectivity index (χ3v) is 3.17. The zero-order chi connectivity index (χ0) is 9.97. The summed E-state index contributed by atoms with van der Waals surface area (Å²) in [5.74, 6) is 1.07. The molecule has 0 saturated heterocycles. The van der Waals surface area contributed by atoms with Crippen LogP contribution in [-0.4, -0.2) is 14.5 Å². The van der Waals surface area contributed by atoms with Crippen LogP contribution in [0.15, 0.2) is 24.3 Å². The number of hydrogen-bond acceptors (Lipinski definition) is 1. The van der Waals surface area contributed by atoms with Gasteiger partial charge in [-0.15, -0.1) is 0 Å². The first-order chi connectivity index (χ1) is 6.77. The van der Waals surface area contributed by atoms with Crippen LogP contribution in [0.3, 0.4) is 0 Å². The zero-order valence-electron chi connectivity index (χ0n) is 7.98. The van der Waals surface area contributed by atoms with Crippen molar-refractivity contribution in [1.29, 1.82) is 0 Å². The smallest absolute Gasteiger partial charge is 0.153 e. The van der Waals surface area contributed by atoms with Crippen LogP contribution in [0.4, 0.5) is 0 Å². The maximum absolute atomic E-state index is 10.6. The van der Waals surface area contributed by atoms with Crippen LogP contribution in [0.1, 0.15) is 29.9 Å². The summed E-state index contributed by atoms with van der Waals surface area (Å²) in [6.07, 6.45) is 3.27. The second kappa shape index (κ2) is 4.24. The van der Waals surface area contributed by atoms with Crippen molar-refractivity contribution in [2.24, 2.45) is 0 Å². The average Bonchev–Trinajstić information content (AvgIpc) is 2.98. The number of aryl methyl sites for hydroxylation is 1. The Hall–Kier alpha value is -0.670. The first-order valence-electron chi connectivity index (χ1n) is 4.92. The molecule has 0 amide bonds. The first kappa shape index (κ1) is 9.87. The molecule has 1 atom stereocenters. The Bertz CT molecular complexity index is 345. The molecule has 1 saturated carbocycles. The monoisotopic (exact) mass is 210 g/mol. The third-order valence-electron chi connectivity index (χ3n) is 2.62. The summed E-state index contributed by atoms with van der Waals surface area (Å²) in [6.45, 7) is 0. The molecule has 3 heteroatoms. The minimum atomic E-state index is -1.67. The molecular weight excluding hydrogens is 196 g/mol. The van der Waals surface area contributed by atoms with E-state index in [1.54, 1.807) is 0 Å². The molecule has 1 fully saturated rings. The molecule has 14 heavy (non-hydrogen) atoms. The van der Waals surface area contributed by atoms with Crippen LogP contribution in [0.2, 0.25) is 0 Å². The lowest BCUT2D eigenvalue weighted by atomic mass is 10.0. The summed E-state index contributed by atoms with van der Waals surface area (Å²) in [6, 6.07) is 8.27. The van der Waals surface area contributed by atoms with Crippen LogP contribution in [0.25, 0.3) is 0 Å². The van der Waals surface area contributed by atoms with Crippen molar-refractivity contribution < 1.29 is 8.76 Å². The van der Waals surface area contributed by atoms with Crippen molar-refractivity contribution in [3.05, 3.63) is 35.4 Å². The lowest BCUT2D eigenvalue weighted by Gasteiger charge is -2.06. The van der Waals surface area contributed by atoms with Crippen molar-refractivity contribution >= 4 is 11.1 Å². The van der Waals surface area contributed by atoms with Gasteiger partial charge in [-0.25, -0.2) is 4.21 Å². The van der Waals surface area contributed by atoms with E-state index < -0.39 is 11.1 Å². The summed E-state index contributed by atoms with van der Waals surface area (Å²) in [5, 5.41) is 0. The molecule has 0 bridgehead atoms. The molecule has 1 unspecified atom stereocenters. The Kier molecular flexibility index (Phi) is 2.99. The van der Waals surface area contributed by atoms with Crippen LogP contribution in [0, 0.1) is 0 Å². The van der Waals surface area contributed by atoms with Crippen LogP contribution in [-0.2, 0) is 17.5 Å². The van der Waals surface area contributed by atoms with Crippen molar-refractivity contribution in [1.82, 2.24) is 0 Å². The largest absolute Gasteiger partial charge is 0.306 e. The first-order valence-corrected chi connectivity index (χ1v) is 6.20. The highest BCUT2D eigenvalue weighted by molar-refractivity contribution is 7.79. The topological polar surface area (TPSA) is 37.3 Å². The van der Waals surface area contributed by atoms with Gasteiger partial charge in [-0.2, -0.15) is 0 Å². The molecule has 2 rings (SSSR count). The van der Waals surface area contributed by atoms with Gasteiger partial charge < -0.3 is 4.55 Å². The lowest BCUT2D eigenvalue weighted by molar-refractivity contribution is 0.563. The number of hydrogen-bond donors (Lipinski definition) is 1. The standard InChI is InChI=1S/C11H14O2S/c12-14(13)8-7-9-3-1-2-4-11(9)10-5-6-10/h1-4,10H,5-8H2,(H,12,13). The Labute approximate surface area is 86.6 Å². The molecule has 1 aromatic carbocycles. The molecule has 76 valence electrons. The van der Waals surface area contributed by atoms with Gasteiger partial charge in [0.1, 0.15) is 0 Å². The van der Waals surface area contributed by atoms with Gasteiger partial charge in [0, 0.05) is 0 Å². The van der Waals surface area contributed by atoms with Crippen molar-refractivity contribution in [3.63, 3.8) is 0 Å². The molecule has 0 spiro atoms. The summed E-state index contributed by atoms with van der Waals surface area (Å²) in [5.41, 5.74) is 2.63. The fraction of sp³-hybridized carbons (Fsp3) is 0.455. The van der Waals surface area contributed by atoms with Crippen LogP contribution >= 0.6 is 0 Å². The lowest BCUT2D eigenvalue weighted by Crippen LogP contribution is -2.01. The molecule has 1 aliphatic rings. The van der Waals surface area contributed by atoms with Gasteiger partial charge in [-0.3, -0.25) is 0 Å². The van der Waals surface area contributed by atoms with Crippen molar-refractivity contribution in [2.75, 3.05) is 5.75 Å². The fourth-order valence-electron chi connectivity index (χ4n) is 1.75. The minimum absolute atomic E-state index is 0.351. The summed E-state index contributed by atoms with van der Waals surface area (Å²) in [7, 11) is 0. The van der Waals surface area contributed by atoms with Crippen LogP contribution in [0.5, 0.6) is 0 Å². The van der Waals surface area contributed by atoms with Crippen LogP contribution < -0.4 is 0 Å². The molecule has 2 nitrogen and oxygen atoms in total. The second-order valence-electron chi connectivity index (χ2n) is 3.75. The number of benzene rings is 1. The molecule has 1 N–H and O–H groups in total. The summed E-state index contributed by atoms with van der Waals surface area (Å²) >= 11 is -1.67. The zero-order valence-corrected chi connectivity index (χ0v) is 8.80. The quantitative estimate of drug-likeness (QED) is 0.774. The molecule has 0 aromatic heterocycles. The van der Waals surface area contributed by atoms with Crippen molar-refractivity contribution in [2.45, 2.75) is 25.2 Å². The molecule has 1 aromatic rings. The average molecular weight is 210 g/mol. The van der Waals surface area contributed by atoms with Gasteiger partial charge >= 0.3 is 0 Å². The summed E-state index contributed by atoms with van der Waals surface area (Å²) in [4.78, 5) is 0. The van der Waals surface area contributed by atoms with E-state index in [2.05, 4.69) is 12.1 Å². The molecule has 0 heterocycles. The molecular formula is C11H14O2S. The summed E-state index contributed by atoms with van der Waals surface area (Å²) < 4.78 is 19.3. The third kappa shape index (κ3) is 2.42. The maximum atomic E-state index is 10.6. The van der Waals surface area contributed by atoms with E-state index in [1.807, 2.05) is 12.1 Å². The van der Waals surface area contributed by atoms with E-state index >= 15 is 0 Å². The van der Waals surface area contributed by atoms with E-state index in [0.717, 1.165) is 12.3 Å². The van der Waals surface area contributed by atoms with E-state index in [0.29, 0.717) is 5.75 Å². The Morgan fingerprint density at radius 1 is 1.36 bits per heavy atom. The Morgan fingerprint density at radius 2 is 2.07 bits per heavy atom. The highest BCUT2D eigenvalue weighted by Gasteiger charge is 2.25.